The van der Waals surface area contributed by atoms with Crippen LogP contribution in [0.5, 0.6) is 5.75 Å². The molecule has 1 aromatic rings. The van der Waals surface area contributed by atoms with Gasteiger partial charge in [-0.1, -0.05) is 19.1 Å². The highest BCUT2D eigenvalue weighted by Gasteiger charge is 2.18. The first-order valence-corrected chi connectivity index (χ1v) is 6.75. The number of aryl methyl sites for hydroxylation is 1. The monoisotopic (exact) mass is 266 g/mol. The van der Waals surface area contributed by atoms with Crippen LogP contribution in [0.4, 0.5) is 0 Å². The second-order valence-electron chi connectivity index (χ2n) is 4.60. The standard InChI is InChI=1S/C15H26N2O2/c1-5-17(8-9-18-3)14(11-16)13-6-7-15(19-4)12(2)10-13/h6-7,10,14H,5,8-9,11,16H2,1-4H3. The maximum atomic E-state index is 5.96. The Morgan fingerprint density at radius 1 is 1.32 bits per heavy atom. The molecule has 0 bridgehead atoms. The fourth-order valence-corrected chi connectivity index (χ4v) is 2.35. The molecule has 0 spiro atoms. The van der Waals surface area contributed by atoms with Gasteiger partial charge in [-0.05, 0) is 30.7 Å². The van der Waals surface area contributed by atoms with Gasteiger partial charge in [0.05, 0.1) is 13.7 Å². The van der Waals surface area contributed by atoms with Crippen LogP contribution in [0.3, 0.4) is 0 Å². The zero-order valence-corrected chi connectivity index (χ0v) is 12.5. The Bertz CT molecular complexity index is 382. The van der Waals surface area contributed by atoms with Crippen LogP contribution in [-0.4, -0.2) is 45.4 Å². The first-order valence-electron chi connectivity index (χ1n) is 6.75. The fourth-order valence-electron chi connectivity index (χ4n) is 2.35. The molecule has 19 heavy (non-hydrogen) atoms. The largest absolute Gasteiger partial charge is 0.496 e. The third-order valence-electron chi connectivity index (χ3n) is 3.46. The topological polar surface area (TPSA) is 47.7 Å². The summed E-state index contributed by atoms with van der Waals surface area (Å²) in [6.07, 6.45) is 0. The Kier molecular flexibility index (Phi) is 6.84. The fraction of sp³-hybridized carbons (Fsp3) is 0.600. The predicted molar refractivity (Wildman–Crippen MR) is 78.6 cm³/mol. The van der Waals surface area contributed by atoms with Crippen LogP contribution in [0.25, 0.3) is 0 Å². The van der Waals surface area contributed by atoms with Gasteiger partial charge in [0.15, 0.2) is 0 Å². The van der Waals surface area contributed by atoms with Gasteiger partial charge in [0.1, 0.15) is 5.75 Å². The predicted octanol–water partition coefficient (Wildman–Crippen LogP) is 1.97. The number of rotatable bonds is 8. The first kappa shape index (κ1) is 16.0. The van der Waals surface area contributed by atoms with Gasteiger partial charge in [-0.3, -0.25) is 4.90 Å². The van der Waals surface area contributed by atoms with Crippen molar-refractivity contribution in [1.82, 2.24) is 4.90 Å². The van der Waals surface area contributed by atoms with E-state index in [1.807, 2.05) is 6.07 Å². The molecule has 0 heterocycles. The van der Waals surface area contributed by atoms with Crippen molar-refractivity contribution >= 4 is 0 Å². The van der Waals surface area contributed by atoms with E-state index < -0.39 is 0 Å². The quantitative estimate of drug-likeness (QED) is 0.781. The minimum absolute atomic E-state index is 0.227. The molecule has 0 aliphatic carbocycles. The summed E-state index contributed by atoms with van der Waals surface area (Å²) >= 11 is 0. The number of nitrogens with two attached hydrogens (primary N) is 1. The van der Waals surface area contributed by atoms with Gasteiger partial charge in [-0.25, -0.2) is 0 Å². The zero-order chi connectivity index (χ0) is 14.3. The Balaban J connectivity index is 2.91. The van der Waals surface area contributed by atoms with E-state index in [0.29, 0.717) is 6.54 Å². The third kappa shape index (κ3) is 4.20. The molecule has 1 unspecified atom stereocenters. The van der Waals surface area contributed by atoms with Crippen LogP contribution in [0.2, 0.25) is 0 Å². The number of likely N-dealkylation sites (N-methyl/N-ethyl adjacent to an activating group) is 1. The number of hydrogen-bond acceptors (Lipinski definition) is 4. The lowest BCUT2D eigenvalue weighted by Gasteiger charge is -2.30. The van der Waals surface area contributed by atoms with Gasteiger partial charge in [0.2, 0.25) is 0 Å². The number of nitrogens with zero attached hydrogens (tertiary/aromatic N) is 1. The molecule has 0 amide bonds. The van der Waals surface area contributed by atoms with Crippen LogP contribution in [-0.2, 0) is 4.74 Å². The average molecular weight is 266 g/mol. The summed E-state index contributed by atoms with van der Waals surface area (Å²) in [5.41, 5.74) is 8.33. The van der Waals surface area contributed by atoms with Crippen molar-refractivity contribution in [3.63, 3.8) is 0 Å². The van der Waals surface area contributed by atoms with Crippen LogP contribution in [0.15, 0.2) is 18.2 Å². The lowest BCUT2D eigenvalue weighted by Crippen LogP contribution is -2.36. The van der Waals surface area contributed by atoms with Crippen LogP contribution in [0.1, 0.15) is 24.1 Å². The molecule has 2 N–H and O–H groups in total. The minimum atomic E-state index is 0.227. The van der Waals surface area contributed by atoms with Crippen molar-refractivity contribution in [3.05, 3.63) is 29.3 Å². The van der Waals surface area contributed by atoms with Crippen molar-refractivity contribution in [2.45, 2.75) is 19.9 Å². The molecule has 0 saturated carbocycles. The van der Waals surface area contributed by atoms with Gasteiger partial charge in [0, 0.05) is 26.2 Å². The normalized spacial score (nSPS) is 12.7. The highest BCUT2D eigenvalue weighted by atomic mass is 16.5. The molecule has 4 heteroatoms. The van der Waals surface area contributed by atoms with E-state index in [2.05, 4.69) is 30.9 Å². The van der Waals surface area contributed by atoms with E-state index in [0.717, 1.165) is 31.0 Å². The minimum Gasteiger partial charge on any atom is -0.496 e. The molecule has 1 aromatic carbocycles. The first-order chi connectivity index (χ1) is 9.17. The average Bonchev–Trinajstić information content (AvgIpc) is 2.43. The number of hydrogen-bond donors (Lipinski definition) is 1. The Labute approximate surface area is 116 Å². The lowest BCUT2D eigenvalue weighted by atomic mass is 10.0. The molecule has 1 rings (SSSR count). The third-order valence-corrected chi connectivity index (χ3v) is 3.46. The smallest absolute Gasteiger partial charge is 0.121 e. The summed E-state index contributed by atoms with van der Waals surface area (Å²) < 4.78 is 10.5. The number of ether oxygens (including phenoxy) is 2. The highest BCUT2D eigenvalue weighted by Crippen LogP contribution is 2.25. The van der Waals surface area contributed by atoms with E-state index in [1.54, 1.807) is 14.2 Å². The second-order valence-corrected chi connectivity index (χ2v) is 4.60. The molecule has 0 radical (unpaired) electrons. The van der Waals surface area contributed by atoms with Gasteiger partial charge in [-0.15, -0.1) is 0 Å². The molecule has 0 saturated heterocycles. The zero-order valence-electron chi connectivity index (χ0n) is 12.5. The van der Waals surface area contributed by atoms with E-state index in [4.69, 9.17) is 15.2 Å². The maximum absolute atomic E-state index is 5.96. The van der Waals surface area contributed by atoms with Gasteiger partial charge in [-0.2, -0.15) is 0 Å². The van der Waals surface area contributed by atoms with Crippen molar-refractivity contribution in [3.8, 4) is 5.75 Å². The Hall–Kier alpha value is -1.10. The van der Waals surface area contributed by atoms with Crippen LogP contribution < -0.4 is 10.5 Å². The van der Waals surface area contributed by atoms with Gasteiger partial charge >= 0.3 is 0 Å². The van der Waals surface area contributed by atoms with Crippen molar-refractivity contribution in [1.29, 1.82) is 0 Å². The Morgan fingerprint density at radius 2 is 2.05 bits per heavy atom. The molecule has 108 valence electrons. The second kappa shape index (κ2) is 8.15. The van der Waals surface area contributed by atoms with Crippen LogP contribution >= 0.6 is 0 Å². The molecule has 0 aliphatic rings. The summed E-state index contributed by atoms with van der Waals surface area (Å²) in [4.78, 5) is 2.34. The molecule has 0 fully saturated rings. The van der Waals surface area contributed by atoms with Crippen molar-refractivity contribution in [2.24, 2.45) is 5.73 Å². The summed E-state index contributed by atoms with van der Waals surface area (Å²) in [7, 11) is 3.42. The summed E-state index contributed by atoms with van der Waals surface area (Å²) in [5, 5.41) is 0. The highest BCUT2D eigenvalue weighted by molar-refractivity contribution is 5.37. The van der Waals surface area contributed by atoms with Crippen molar-refractivity contribution in [2.75, 3.05) is 40.5 Å². The lowest BCUT2D eigenvalue weighted by molar-refractivity contribution is 0.125. The van der Waals surface area contributed by atoms with Crippen molar-refractivity contribution < 1.29 is 9.47 Å². The molecular weight excluding hydrogens is 240 g/mol. The SMILES string of the molecule is CCN(CCOC)C(CN)c1ccc(OC)c(C)c1. The summed E-state index contributed by atoms with van der Waals surface area (Å²) in [6.45, 7) is 7.37. The van der Waals surface area contributed by atoms with E-state index in [9.17, 15) is 0 Å². The van der Waals surface area contributed by atoms with E-state index in [1.165, 1.54) is 5.56 Å². The van der Waals surface area contributed by atoms with Gasteiger partial charge < -0.3 is 15.2 Å². The van der Waals surface area contributed by atoms with Crippen LogP contribution in [0, 0.1) is 6.92 Å². The summed E-state index contributed by atoms with van der Waals surface area (Å²) in [6, 6.07) is 6.49. The molecule has 4 nitrogen and oxygen atoms in total. The molecule has 0 aromatic heterocycles. The molecule has 0 aliphatic heterocycles. The summed E-state index contributed by atoms with van der Waals surface area (Å²) in [5.74, 6) is 0.916. The maximum Gasteiger partial charge on any atom is 0.121 e. The molecule has 1 atom stereocenters. The number of methoxy groups -OCH3 is 2. The van der Waals surface area contributed by atoms with E-state index >= 15 is 0 Å². The van der Waals surface area contributed by atoms with Gasteiger partial charge in [0.25, 0.3) is 0 Å². The molecular formula is C15H26N2O2. The van der Waals surface area contributed by atoms with E-state index in [-0.39, 0.29) is 6.04 Å². The number of benzene rings is 1. The Morgan fingerprint density at radius 3 is 2.53 bits per heavy atom.